The van der Waals surface area contributed by atoms with Crippen LogP contribution in [0.15, 0.2) is 18.2 Å². The van der Waals surface area contributed by atoms with Crippen molar-refractivity contribution in [3.05, 3.63) is 35.4 Å². The molecule has 0 amide bonds. The van der Waals surface area contributed by atoms with Crippen LogP contribution < -0.4 is 5.32 Å². The minimum absolute atomic E-state index is 0.292. The third-order valence-corrected chi connectivity index (χ3v) is 2.41. The molecule has 96 valence electrons. The summed E-state index contributed by atoms with van der Waals surface area (Å²) in [6.07, 6.45) is 0. The maximum atomic E-state index is 13.3. The zero-order valence-corrected chi connectivity index (χ0v) is 10.5. The normalized spacial score (nSPS) is 11.8. The van der Waals surface area contributed by atoms with Crippen LogP contribution in [0.25, 0.3) is 0 Å². The SMILES string of the molecule is CCOC(C)(C)CNCc1cc(F)ccc1F. The molecule has 0 aliphatic heterocycles. The Morgan fingerprint density at radius 1 is 1.29 bits per heavy atom. The number of ether oxygens (including phenoxy) is 1. The summed E-state index contributed by atoms with van der Waals surface area (Å²) in [6, 6.07) is 3.46. The highest BCUT2D eigenvalue weighted by molar-refractivity contribution is 5.18. The molecule has 0 bridgehead atoms. The van der Waals surface area contributed by atoms with E-state index in [1.54, 1.807) is 0 Å². The molecular weight excluding hydrogens is 224 g/mol. The van der Waals surface area contributed by atoms with Gasteiger partial charge in [0.15, 0.2) is 0 Å². The average Bonchev–Trinajstić information content (AvgIpc) is 2.23. The molecule has 0 unspecified atom stereocenters. The number of rotatable bonds is 6. The first kappa shape index (κ1) is 14.1. The fourth-order valence-electron chi connectivity index (χ4n) is 1.62. The minimum atomic E-state index is -0.424. The van der Waals surface area contributed by atoms with E-state index in [0.717, 1.165) is 12.1 Å². The molecule has 0 heterocycles. The van der Waals surface area contributed by atoms with Gasteiger partial charge in [0.1, 0.15) is 11.6 Å². The lowest BCUT2D eigenvalue weighted by atomic mass is 10.1. The van der Waals surface area contributed by atoms with Gasteiger partial charge in [0.05, 0.1) is 5.60 Å². The van der Waals surface area contributed by atoms with Crippen molar-refractivity contribution in [3.63, 3.8) is 0 Å². The van der Waals surface area contributed by atoms with E-state index in [1.165, 1.54) is 6.07 Å². The summed E-state index contributed by atoms with van der Waals surface area (Å²) in [5.74, 6) is -0.819. The summed E-state index contributed by atoms with van der Waals surface area (Å²) in [5, 5.41) is 3.06. The Kier molecular flexibility index (Phi) is 5.02. The quantitative estimate of drug-likeness (QED) is 0.829. The largest absolute Gasteiger partial charge is 0.375 e. The van der Waals surface area contributed by atoms with E-state index >= 15 is 0 Å². The monoisotopic (exact) mass is 243 g/mol. The van der Waals surface area contributed by atoms with E-state index in [0.29, 0.717) is 25.3 Å². The minimum Gasteiger partial charge on any atom is -0.375 e. The fraction of sp³-hybridized carbons (Fsp3) is 0.538. The molecule has 2 nitrogen and oxygen atoms in total. The van der Waals surface area contributed by atoms with Crippen molar-refractivity contribution in [2.75, 3.05) is 13.2 Å². The van der Waals surface area contributed by atoms with E-state index in [4.69, 9.17) is 4.74 Å². The third kappa shape index (κ3) is 4.79. The van der Waals surface area contributed by atoms with Crippen LogP contribution >= 0.6 is 0 Å². The predicted molar refractivity (Wildman–Crippen MR) is 63.8 cm³/mol. The van der Waals surface area contributed by atoms with Crippen molar-refractivity contribution in [2.45, 2.75) is 32.9 Å². The van der Waals surface area contributed by atoms with Crippen molar-refractivity contribution in [1.29, 1.82) is 0 Å². The Morgan fingerprint density at radius 2 is 2.00 bits per heavy atom. The molecule has 1 aromatic rings. The van der Waals surface area contributed by atoms with E-state index in [-0.39, 0.29) is 5.60 Å². The van der Waals surface area contributed by atoms with Crippen LogP contribution in [0.1, 0.15) is 26.3 Å². The Labute approximate surface area is 101 Å². The first-order valence-electron chi connectivity index (χ1n) is 5.73. The van der Waals surface area contributed by atoms with E-state index in [1.807, 2.05) is 20.8 Å². The van der Waals surface area contributed by atoms with Gasteiger partial charge in [0.2, 0.25) is 0 Å². The molecule has 1 N–H and O–H groups in total. The molecule has 0 saturated carbocycles. The van der Waals surface area contributed by atoms with Crippen molar-refractivity contribution in [1.82, 2.24) is 5.32 Å². The van der Waals surface area contributed by atoms with Crippen molar-refractivity contribution >= 4 is 0 Å². The van der Waals surface area contributed by atoms with Crippen LogP contribution in [0.4, 0.5) is 8.78 Å². The van der Waals surface area contributed by atoms with Crippen LogP contribution in [-0.4, -0.2) is 18.8 Å². The molecule has 0 spiro atoms. The Morgan fingerprint density at radius 3 is 2.65 bits per heavy atom. The maximum Gasteiger partial charge on any atom is 0.127 e. The van der Waals surface area contributed by atoms with Gasteiger partial charge in [0, 0.05) is 25.3 Å². The Bertz CT molecular complexity index is 366. The highest BCUT2D eigenvalue weighted by Crippen LogP contribution is 2.11. The number of hydrogen-bond acceptors (Lipinski definition) is 2. The van der Waals surface area contributed by atoms with Crippen LogP contribution in [-0.2, 0) is 11.3 Å². The molecule has 0 atom stereocenters. The van der Waals surface area contributed by atoms with Crippen molar-refractivity contribution < 1.29 is 13.5 Å². The molecule has 1 aromatic carbocycles. The summed E-state index contributed by atoms with van der Waals surface area (Å²) in [4.78, 5) is 0. The van der Waals surface area contributed by atoms with Crippen LogP contribution in [0.2, 0.25) is 0 Å². The second kappa shape index (κ2) is 6.07. The first-order chi connectivity index (χ1) is 7.94. The van der Waals surface area contributed by atoms with Crippen molar-refractivity contribution in [2.24, 2.45) is 0 Å². The molecule has 0 fully saturated rings. The van der Waals surface area contributed by atoms with Gasteiger partial charge < -0.3 is 10.1 Å². The second-order valence-corrected chi connectivity index (χ2v) is 4.53. The topological polar surface area (TPSA) is 21.3 Å². The lowest BCUT2D eigenvalue weighted by Gasteiger charge is -2.25. The van der Waals surface area contributed by atoms with Crippen LogP contribution in [0.5, 0.6) is 0 Å². The van der Waals surface area contributed by atoms with Gasteiger partial charge in [0.25, 0.3) is 0 Å². The van der Waals surface area contributed by atoms with Gasteiger partial charge in [-0.05, 0) is 39.0 Å². The summed E-state index contributed by atoms with van der Waals surface area (Å²) in [5.41, 5.74) is 0.0238. The number of nitrogens with one attached hydrogen (secondary N) is 1. The molecule has 4 heteroatoms. The molecule has 0 saturated heterocycles. The van der Waals surface area contributed by atoms with Gasteiger partial charge in [-0.15, -0.1) is 0 Å². The van der Waals surface area contributed by atoms with Gasteiger partial charge >= 0.3 is 0 Å². The van der Waals surface area contributed by atoms with Crippen LogP contribution in [0, 0.1) is 11.6 Å². The number of benzene rings is 1. The van der Waals surface area contributed by atoms with E-state index in [2.05, 4.69) is 5.32 Å². The lowest BCUT2D eigenvalue weighted by Crippen LogP contribution is -2.37. The summed E-state index contributed by atoms with van der Waals surface area (Å²) in [7, 11) is 0. The van der Waals surface area contributed by atoms with E-state index in [9.17, 15) is 8.78 Å². The third-order valence-electron chi connectivity index (χ3n) is 2.41. The molecule has 0 aliphatic carbocycles. The predicted octanol–water partition coefficient (Wildman–Crippen LogP) is 2.87. The number of hydrogen-bond donors (Lipinski definition) is 1. The Balaban J connectivity index is 2.48. The maximum absolute atomic E-state index is 13.3. The highest BCUT2D eigenvalue weighted by Gasteiger charge is 2.16. The smallest absolute Gasteiger partial charge is 0.127 e. The summed E-state index contributed by atoms with van der Waals surface area (Å²) in [6.45, 7) is 7.32. The summed E-state index contributed by atoms with van der Waals surface area (Å²) >= 11 is 0. The summed E-state index contributed by atoms with van der Waals surface area (Å²) < 4.78 is 31.7. The molecule has 0 aromatic heterocycles. The van der Waals surface area contributed by atoms with Gasteiger partial charge in [-0.2, -0.15) is 0 Å². The van der Waals surface area contributed by atoms with Gasteiger partial charge in [-0.3, -0.25) is 0 Å². The molecular formula is C13H19F2NO. The average molecular weight is 243 g/mol. The van der Waals surface area contributed by atoms with E-state index < -0.39 is 11.6 Å². The number of halogens is 2. The fourth-order valence-corrected chi connectivity index (χ4v) is 1.62. The van der Waals surface area contributed by atoms with Crippen molar-refractivity contribution in [3.8, 4) is 0 Å². The first-order valence-corrected chi connectivity index (χ1v) is 5.73. The molecule has 0 aliphatic rings. The zero-order valence-electron chi connectivity index (χ0n) is 10.5. The zero-order chi connectivity index (χ0) is 12.9. The molecule has 0 radical (unpaired) electrons. The molecule has 17 heavy (non-hydrogen) atoms. The Hall–Kier alpha value is -1.00. The lowest BCUT2D eigenvalue weighted by molar-refractivity contribution is -0.00901. The molecule has 1 rings (SSSR count). The second-order valence-electron chi connectivity index (χ2n) is 4.53. The van der Waals surface area contributed by atoms with Gasteiger partial charge in [-0.25, -0.2) is 8.78 Å². The van der Waals surface area contributed by atoms with Gasteiger partial charge in [-0.1, -0.05) is 0 Å². The van der Waals surface area contributed by atoms with Crippen LogP contribution in [0.3, 0.4) is 0 Å². The standard InChI is InChI=1S/C13H19F2NO/c1-4-17-13(2,3)9-16-8-10-7-11(14)5-6-12(10)15/h5-7,16H,4,8-9H2,1-3H3. The highest BCUT2D eigenvalue weighted by atomic mass is 19.1.